The zero-order chi connectivity index (χ0) is 18.7. The lowest BCUT2D eigenvalue weighted by molar-refractivity contribution is -0.124. The van der Waals surface area contributed by atoms with Crippen LogP contribution in [-0.2, 0) is 14.6 Å². The summed E-state index contributed by atoms with van der Waals surface area (Å²) in [6.07, 6.45) is 0.616. The first kappa shape index (κ1) is 18.1. The molecule has 2 unspecified atom stereocenters. The minimum absolute atomic E-state index is 0.214. The molecule has 0 saturated carbocycles. The van der Waals surface area contributed by atoms with E-state index in [9.17, 15) is 17.6 Å². The molecule has 2 atom stereocenters. The standard InChI is InChI=1S/C19H18FNO4S/c1-14(25-18-5-3-2-4-6-18)19(22)21(16-9-7-15(20)8-10-16)17-11-12-26(23,24)13-17/h2-12,14,17H,13H2,1H3. The number of para-hydroxylation sites is 1. The van der Waals surface area contributed by atoms with Crippen molar-refractivity contribution in [3.63, 3.8) is 0 Å². The van der Waals surface area contributed by atoms with Gasteiger partial charge in [0, 0.05) is 11.1 Å². The number of sulfone groups is 1. The zero-order valence-corrected chi connectivity index (χ0v) is 14.9. The van der Waals surface area contributed by atoms with Crippen molar-refractivity contribution in [3.8, 4) is 5.75 Å². The van der Waals surface area contributed by atoms with Crippen molar-refractivity contribution < 1.29 is 22.3 Å². The van der Waals surface area contributed by atoms with Crippen LogP contribution in [0.4, 0.5) is 10.1 Å². The van der Waals surface area contributed by atoms with Crippen LogP contribution in [0.25, 0.3) is 0 Å². The average molecular weight is 375 g/mol. The first-order chi connectivity index (χ1) is 12.4. The molecular weight excluding hydrogens is 357 g/mol. The fraction of sp³-hybridized carbons (Fsp3) is 0.211. The number of rotatable bonds is 5. The summed E-state index contributed by atoms with van der Waals surface area (Å²) in [5.41, 5.74) is 0.409. The monoisotopic (exact) mass is 375 g/mol. The number of amides is 1. The molecule has 2 aromatic rings. The van der Waals surface area contributed by atoms with Crippen molar-refractivity contribution >= 4 is 21.4 Å². The van der Waals surface area contributed by atoms with Gasteiger partial charge in [-0.05, 0) is 49.4 Å². The molecule has 2 aromatic carbocycles. The second-order valence-corrected chi connectivity index (χ2v) is 7.91. The van der Waals surface area contributed by atoms with Crippen LogP contribution >= 0.6 is 0 Å². The van der Waals surface area contributed by atoms with E-state index in [1.54, 1.807) is 31.2 Å². The van der Waals surface area contributed by atoms with Crippen molar-refractivity contribution in [1.29, 1.82) is 0 Å². The smallest absolute Gasteiger partial charge is 0.268 e. The first-order valence-electron chi connectivity index (χ1n) is 8.07. The lowest BCUT2D eigenvalue weighted by Crippen LogP contribution is -2.47. The number of benzene rings is 2. The van der Waals surface area contributed by atoms with Crippen LogP contribution in [-0.4, -0.2) is 32.2 Å². The Bertz CT molecular complexity index is 910. The highest BCUT2D eigenvalue weighted by atomic mass is 32.2. The van der Waals surface area contributed by atoms with E-state index in [1.807, 2.05) is 6.07 Å². The highest BCUT2D eigenvalue weighted by Gasteiger charge is 2.34. The molecule has 1 amide bonds. The van der Waals surface area contributed by atoms with Gasteiger partial charge in [-0.1, -0.05) is 18.2 Å². The van der Waals surface area contributed by atoms with Crippen LogP contribution in [0.5, 0.6) is 5.75 Å². The van der Waals surface area contributed by atoms with Crippen LogP contribution in [0.1, 0.15) is 6.92 Å². The van der Waals surface area contributed by atoms with Crippen molar-refractivity contribution in [2.75, 3.05) is 10.7 Å². The molecule has 1 heterocycles. The molecule has 3 rings (SSSR count). The Hall–Kier alpha value is -2.67. The third kappa shape index (κ3) is 4.11. The van der Waals surface area contributed by atoms with Gasteiger partial charge in [0.25, 0.3) is 5.91 Å². The van der Waals surface area contributed by atoms with Crippen LogP contribution in [0.2, 0.25) is 0 Å². The molecule has 0 saturated heterocycles. The predicted molar refractivity (Wildman–Crippen MR) is 97.1 cm³/mol. The highest BCUT2D eigenvalue weighted by molar-refractivity contribution is 7.94. The van der Waals surface area contributed by atoms with E-state index in [0.29, 0.717) is 11.4 Å². The number of carbonyl (C=O) groups is 1. The SMILES string of the molecule is CC(Oc1ccccc1)C(=O)N(c1ccc(F)cc1)C1C=CS(=O)(=O)C1. The fourth-order valence-corrected chi connectivity index (χ4v) is 4.02. The molecule has 0 radical (unpaired) electrons. The molecule has 0 bridgehead atoms. The summed E-state index contributed by atoms with van der Waals surface area (Å²) in [6.45, 7) is 1.60. The molecule has 136 valence electrons. The van der Waals surface area contributed by atoms with Gasteiger partial charge in [-0.25, -0.2) is 12.8 Å². The largest absolute Gasteiger partial charge is 0.481 e. The second-order valence-electron chi connectivity index (χ2n) is 5.98. The van der Waals surface area contributed by atoms with E-state index in [4.69, 9.17) is 4.74 Å². The van der Waals surface area contributed by atoms with Gasteiger partial charge >= 0.3 is 0 Å². The van der Waals surface area contributed by atoms with E-state index in [2.05, 4.69) is 0 Å². The van der Waals surface area contributed by atoms with E-state index in [1.165, 1.54) is 35.2 Å². The third-order valence-electron chi connectivity index (χ3n) is 3.99. The van der Waals surface area contributed by atoms with Gasteiger partial charge in [-0.3, -0.25) is 4.79 Å². The molecule has 1 aliphatic rings. The van der Waals surface area contributed by atoms with Gasteiger partial charge in [0.2, 0.25) is 0 Å². The predicted octanol–water partition coefficient (Wildman–Crippen LogP) is 2.94. The summed E-state index contributed by atoms with van der Waals surface area (Å²) >= 11 is 0. The topological polar surface area (TPSA) is 63.7 Å². The Balaban J connectivity index is 1.88. The first-order valence-corrected chi connectivity index (χ1v) is 9.78. The number of anilines is 1. The molecule has 0 spiro atoms. The van der Waals surface area contributed by atoms with Crippen molar-refractivity contribution in [3.05, 3.63) is 71.9 Å². The van der Waals surface area contributed by atoms with Crippen LogP contribution in [0.15, 0.2) is 66.1 Å². The highest BCUT2D eigenvalue weighted by Crippen LogP contribution is 2.25. The number of hydrogen-bond acceptors (Lipinski definition) is 4. The average Bonchev–Trinajstić information content (AvgIpc) is 2.97. The Morgan fingerprint density at radius 2 is 1.81 bits per heavy atom. The molecule has 26 heavy (non-hydrogen) atoms. The molecule has 7 heteroatoms. The Morgan fingerprint density at radius 3 is 2.38 bits per heavy atom. The maximum Gasteiger partial charge on any atom is 0.268 e. The summed E-state index contributed by atoms with van der Waals surface area (Å²) < 4.78 is 42.5. The van der Waals surface area contributed by atoms with Gasteiger partial charge in [-0.2, -0.15) is 0 Å². The Kier molecular flexibility index (Phi) is 5.08. The van der Waals surface area contributed by atoms with Crippen LogP contribution in [0.3, 0.4) is 0 Å². The molecule has 0 aromatic heterocycles. The Morgan fingerprint density at radius 1 is 1.15 bits per heavy atom. The second kappa shape index (κ2) is 7.29. The normalized spacial score (nSPS) is 19.1. The zero-order valence-electron chi connectivity index (χ0n) is 14.1. The fourth-order valence-electron chi connectivity index (χ4n) is 2.75. The third-order valence-corrected chi connectivity index (χ3v) is 5.37. The van der Waals surface area contributed by atoms with Gasteiger partial charge in [0.1, 0.15) is 11.6 Å². The molecule has 0 fully saturated rings. The lowest BCUT2D eigenvalue weighted by Gasteiger charge is -2.30. The molecule has 0 aliphatic carbocycles. The number of nitrogens with zero attached hydrogens (tertiary/aromatic N) is 1. The van der Waals surface area contributed by atoms with Crippen LogP contribution < -0.4 is 9.64 Å². The number of ether oxygens (including phenoxy) is 1. The quantitative estimate of drug-likeness (QED) is 0.806. The van der Waals surface area contributed by atoms with Gasteiger partial charge in [0.15, 0.2) is 15.9 Å². The summed E-state index contributed by atoms with van der Waals surface area (Å²) in [5, 5.41) is 1.10. The minimum atomic E-state index is -3.36. The maximum atomic E-state index is 13.3. The molecule has 5 nitrogen and oxygen atoms in total. The number of carbonyl (C=O) groups excluding carboxylic acids is 1. The van der Waals surface area contributed by atoms with E-state index >= 15 is 0 Å². The molecule has 1 aliphatic heterocycles. The molecule has 0 N–H and O–H groups in total. The van der Waals surface area contributed by atoms with Crippen molar-refractivity contribution in [1.82, 2.24) is 0 Å². The van der Waals surface area contributed by atoms with E-state index in [0.717, 1.165) is 5.41 Å². The number of halogens is 1. The summed E-state index contributed by atoms with van der Waals surface area (Å²) in [4.78, 5) is 14.4. The Labute approximate surface area is 151 Å². The number of hydrogen-bond donors (Lipinski definition) is 0. The summed E-state index contributed by atoms with van der Waals surface area (Å²) in [5.74, 6) is -0.535. The van der Waals surface area contributed by atoms with E-state index < -0.39 is 33.7 Å². The lowest BCUT2D eigenvalue weighted by atomic mass is 10.2. The van der Waals surface area contributed by atoms with E-state index in [-0.39, 0.29) is 5.75 Å². The molecular formula is C19H18FNO4S. The van der Waals surface area contributed by atoms with Crippen molar-refractivity contribution in [2.24, 2.45) is 0 Å². The van der Waals surface area contributed by atoms with Crippen molar-refractivity contribution in [2.45, 2.75) is 19.1 Å². The maximum absolute atomic E-state index is 13.3. The van der Waals surface area contributed by atoms with Gasteiger partial charge in [0.05, 0.1) is 11.8 Å². The summed E-state index contributed by atoms with van der Waals surface area (Å²) in [7, 11) is -3.36. The van der Waals surface area contributed by atoms with Crippen LogP contribution in [0, 0.1) is 5.82 Å². The summed E-state index contributed by atoms with van der Waals surface area (Å²) in [6, 6.07) is 13.5. The van der Waals surface area contributed by atoms with Gasteiger partial charge < -0.3 is 9.64 Å². The minimum Gasteiger partial charge on any atom is -0.481 e. The van der Waals surface area contributed by atoms with Gasteiger partial charge in [-0.15, -0.1) is 0 Å².